The van der Waals surface area contributed by atoms with Gasteiger partial charge < -0.3 is 14.4 Å². The van der Waals surface area contributed by atoms with Gasteiger partial charge >= 0.3 is 0 Å². The number of fused-ring (bicyclic) bond motifs is 7. The fourth-order valence-electron chi connectivity index (χ4n) is 8.81. The van der Waals surface area contributed by atoms with Gasteiger partial charge in [0.15, 0.2) is 0 Å². The van der Waals surface area contributed by atoms with Crippen LogP contribution in [0.25, 0.3) is 20.2 Å². The van der Waals surface area contributed by atoms with E-state index in [4.69, 9.17) is 9.47 Å². The zero-order valence-corrected chi connectivity index (χ0v) is 29.8. The molecule has 0 saturated carbocycles. The highest BCUT2D eigenvalue weighted by molar-refractivity contribution is 7.26. The molecule has 3 heterocycles. The van der Waals surface area contributed by atoms with Crippen LogP contribution >= 0.6 is 11.3 Å². The Hall–Kier alpha value is -5.26. The zero-order chi connectivity index (χ0) is 34.1. The molecule has 2 unspecified atom stereocenters. The molecule has 6 aromatic carbocycles. The maximum Gasteiger partial charge on any atom is 0.260 e. The highest BCUT2D eigenvalue weighted by Crippen LogP contribution is 2.45. The molecule has 0 spiro atoms. The number of hydrogen-bond donors (Lipinski definition) is 0. The quantitative estimate of drug-likeness (QED) is 0.137. The SMILES string of the molecule is CC1CCC/C=C/C(C)(c2cc3c4c(c2)Oc2cc5c(cc2B4c2ccccc2O3)sc2cc(N(c3ccccc3)c3ccccc3)ccc25)C1. The molecule has 0 bridgehead atoms. The number of ether oxygens (including phenoxy) is 2. The molecule has 5 heteroatoms. The summed E-state index contributed by atoms with van der Waals surface area (Å²) in [5.74, 6) is 4.35. The van der Waals surface area contributed by atoms with E-state index in [-0.39, 0.29) is 12.1 Å². The van der Waals surface area contributed by atoms with Crippen molar-refractivity contribution in [2.75, 3.05) is 4.90 Å². The van der Waals surface area contributed by atoms with E-state index < -0.39 is 0 Å². The lowest BCUT2D eigenvalue weighted by molar-refractivity contribution is 0.375. The fraction of sp³-hybridized carbons (Fsp3) is 0.174. The average Bonchev–Trinajstić information content (AvgIpc) is 3.50. The number of thiophene rings is 1. The van der Waals surface area contributed by atoms with Gasteiger partial charge in [0.1, 0.15) is 23.0 Å². The topological polar surface area (TPSA) is 21.7 Å². The second-order valence-corrected chi connectivity index (χ2v) is 15.9. The van der Waals surface area contributed by atoms with E-state index in [0.717, 1.165) is 58.4 Å². The van der Waals surface area contributed by atoms with Crippen LogP contribution in [0.15, 0.2) is 140 Å². The molecule has 10 rings (SSSR count). The van der Waals surface area contributed by atoms with Crippen LogP contribution < -0.4 is 30.8 Å². The van der Waals surface area contributed by atoms with E-state index in [1.165, 1.54) is 49.5 Å². The number of para-hydroxylation sites is 3. The van der Waals surface area contributed by atoms with Gasteiger partial charge in [-0.3, -0.25) is 0 Å². The molecule has 248 valence electrons. The smallest absolute Gasteiger partial charge is 0.260 e. The Kier molecular flexibility index (Phi) is 7.14. The minimum absolute atomic E-state index is 0.0363. The van der Waals surface area contributed by atoms with Crippen molar-refractivity contribution in [3.05, 3.63) is 145 Å². The van der Waals surface area contributed by atoms with Gasteiger partial charge in [0.25, 0.3) is 6.71 Å². The summed E-state index contributed by atoms with van der Waals surface area (Å²) >= 11 is 1.86. The molecule has 51 heavy (non-hydrogen) atoms. The van der Waals surface area contributed by atoms with Gasteiger partial charge in [-0.15, -0.1) is 11.3 Å². The first-order valence-electron chi connectivity index (χ1n) is 18.2. The Morgan fingerprint density at radius 1 is 0.667 bits per heavy atom. The van der Waals surface area contributed by atoms with Crippen LogP contribution in [0.3, 0.4) is 0 Å². The zero-order valence-electron chi connectivity index (χ0n) is 28.9. The molecule has 2 aliphatic heterocycles. The first-order valence-corrected chi connectivity index (χ1v) is 19.1. The van der Waals surface area contributed by atoms with Gasteiger partial charge in [0.2, 0.25) is 0 Å². The molecular formula is C46H38BNO2S. The number of benzene rings is 6. The standard InChI is InChI=1S/C46H38BNO2S/c1-30-14-6-5-13-23-46(2,29-30)31-24-41-45-42(25-31)50-40-27-36-35-22-21-34(48(32-15-7-3-8-16-32)33-17-9-4-10-18-33)26-43(35)51-44(36)28-38(40)47(45)37-19-11-12-20-39(37)49-41/h3-4,7-13,15-28,30H,5-6,14,29H2,1-2H3/b23-13+. The Morgan fingerprint density at radius 3 is 2.12 bits per heavy atom. The van der Waals surface area contributed by atoms with Crippen LogP contribution in [-0.2, 0) is 5.41 Å². The number of anilines is 3. The minimum atomic E-state index is -0.0938. The maximum atomic E-state index is 6.99. The molecule has 1 aromatic heterocycles. The third-order valence-corrected chi connectivity index (χ3v) is 12.3. The van der Waals surface area contributed by atoms with Crippen molar-refractivity contribution < 1.29 is 9.47 Å². The third-order valence-electron chi connectivity index (χ3n) is 11.2. The lowest BCUT2D eigenvalue weighted by Gasteiger charge is -2.36. The maximum absolute atomic E-state index is 6.99. The predicted octanol–water partition coefficient (Wildman–Crippen LogP) is 11.3. The summed E-state index contributed by atoms with van der Waals surface area (Å²) in [6, 6.07) is 46.0. The van der Waals surface area contributed by atoms with E-state index in [2.05, 4.69) is 158 Å². The van der Waals surface area contributed by atoms with E-state index in [1.807, 2.05) is 11.3 Å². The van der Waals surface area contributed by atoms with Crippen molar-refractivity contribution >= 4 is 71.7 Å². The third kappa shape index (κ3) is 5.09. The number of rotatable bonds is 4. The average molecular weight is 680 g/mol. The predicted molar refractivity (Wildman–Crippen MR) is 216 cm³/mol. The summed E-state index contributed by atoms with van der Waals surface area (Å²) in [4.78, 5) is 2.33. The van der Waals surface area contributed by atoms with Crippen molar-refractivity contribution in [3.8, 4) is 23.0 Å². The molecule has 0 amide bonds. The summed E-state index contributed by atoms with van der Waals surface area (Å²) in [5.41, 5.74) is 8.12. The van der Waals surface area contributed by atoms with Gasteiger partial charge in [-0.05, 0) is 108 Å². The van der Waals surface area contributed by atoms with Crippen LogP contribution in [0.4, 0.5) is 17.1 Å². The van der Waals surface area contributed by atoms with Crippen molar-refractivity contribution in [1.29, 1.82) is 0 Å². The first-order chi connectivity index (χ1) is 25.0. The molecule has 0 saturated heterocycles. The van der Waals surface area contributed by atoms with Gasteiger partial charge in [0, 0.05) is 48.1 Å². The van der Waals surface area contributed by atoms with Crippen LogP contribution in [0.2, 0.25) is 0 Å². The minimum Gasteiger partial charge on any atom is -0.458 e. The summed E-state index contributed by atoms with van der Waals surface area (Å²) < 4.78 is 16.3. The normalized spacial score (nSPS) is 19.6. The lowest BCUT2D eigenvalue weighted by atomic mass is 9.34. The summed E-state index contributed by atoms with van der Waals surface area (Å²) in [6.07, 6.45) is 9.58. The second-order valence-electron chi connectivity index (χ2n) is 14.8. The Labute approximate surface area is 303 Å². The van der Waals surface area contributed by atoms with Crippen molar-refractivity contribution in [2.45, 2.75) is 44.9 Å². The van der Waals surface area contributed by atoms with E-state index in [1.54, 1.807) is 0 Å². The van der Waals surface area contributed by atoms with Crippen LogP contribution in [0, 0.1) is 5.92 Å². The molecule has 2 atom stereocenters. The summed E-state index contributed by atoms with van der Waals surface area (Å²) in [6.45, 7) is 4.82. The van der Waals surface area contributed by atoms with Crippen LogP contribution in [-0.4, -0.2) is 6.71 Å². The number of nitrogens with zero attached hydrogens (tertiary/aromatic N) is 1. The number of hydrogen-bond acceptors (Lipinski definition) is 4. The van der Waals surface area contributed by atoms with Crippen molar-refractivity contribution in [1.82, 2.24) is 0 Å². The first kappa shape index (κ1) is 30.6. The monoisotopic (exact) mass is 679 g/mol. The van der Waals surface area contributed by atoms with Crippen LogP contribution in [0.5, 0.6) is 23.0 Å². The molecular weight excluding hydrogens is 641 g/mol. The highest BCUT2D eigenvalue weighted by Gasteiger charge is 2.42. The van der Waals surface area contributed by atoms with Gasteiger partial charge in [-0.25, -0.2) is 0 Å². The van der Waals surface area contributed by atoms with E-state index in [9.17, 15) is 0 Å². The largest absolute Gasteiger partial charge is 0.458 e. The van der Waals surface area contributed by atoms with Gasteiger partial charge in [-0.2, -0.15) is 0 Å². The van der Waals surface area contributed by atoms with E-state index >= 15 is 0 Å². The van der Waals surface area contributed by atoms with Gasteiger partial charge in [-0.1, -0.05) is 93.1 Å². The Balaban J connectivity index is 1.13. The van der Waals surface area contributed by atoms with Crippen molar-refractivity contribution in [2.24, 2.45) is 5.92 Å². The van der Waals surface area contributed by atoms with Gasteiger partial charge in [0.05, 0.1) is 0 Å². The summed E-state index contributed by atoms with van der Waals surface area (Å²) in [7, 11) is 0. The fourth-order valence-corrected chi connectivity index (χ4v) is 9.98. The molecule has 0 fully saturated rings. The molecule has 3 nitrogen and oxygen atoms in total. The molecule has 0 radical (unpaired) electrons. The molecule has 3 aliphatic rings. The van der Waals surface area contributed by atoms with Crippen LogP contribution in [0.1, 0.15) is 45.1 Å². The molecule has 0 N–H and O–H groups in total. The Morgan fingerprint density at radius 2 is 1.35 bits per heavy atom. The number of allylic oxidation sites excluding steroid dienone is 2. The molecule has 1 aliphatic carbocycles. The lowest BCUT2D eigenvalue weighted by Crippen LogP contribution is -2.57. The van der Waals surface area contributed by atoms with Crippen molar-refractivity contribution in [3.63, 3.8) is 0 Å². The second kappa shape index (κ2) is 11.9. The van der Waals surface area contributed by atoms with E-state index in [0.29, 0.717) is 5.92 Å². The Bertz CT molecular complexity index is 2450. The molecule has 7 aromatic rings. The highest BCUT2D eigenvalue weighted by atomic mass is 32.1. The summed E-state index contributed by atoms with van der Waals surface area (Å²) in [5, 5.41) is 2.48.